The van der Waals surface area contributed by atoms with Crippen LogP contribution in [0.1, 0.15) is 53.9 Å². The van der Waals surface area contributed by atoms with E-state index in [4.69, 9.17) is 9.47 Å². The van der Waals surface area contributed by atoms with Gasteiger partial charge < -0.3 is 9.47 Å². The Kier molecular flexibility index (Phi) is 8.71. The summed E-state index contributed by atoms with van der Waals surface area (Å²) in [7, 11) is 0. The number of esters is 2. The summed E-state index contributed by atoms with van der Waals surface area (Å²) in [6.45, 7) is 9.50. The van der Waals surface area contributed by atoms with E-state index in [1.807, 2.05) is 0 Å². The van der Waals surface area contributed by atoms with Gasteiger partial charge in [0.1, 0.15) is 0 Å². The van der Waals surface area contributed by atoms with Crippen molar-refractivity contribution in [2.24, 2.45) is 11.3 Å². The minimum Gasteiger partial charge on any atom is -0.465 e. The van der Waals surface area contributed by atoms with Crippen molar-refractivity contribution in [1.29, 1.82) is 0 Å². The molecule has 0 rings (SSSR count). The molecule has 0 atom stereocenters. The molecule has 0 saturated heterocycles. The molecule has 114 valence electrons. The molecule has 0 amide bonds. The smallest absolute Gasteiger partial charge is 0.321 e. The second-order valence-electron chi connectivity index (χ2n) is 5.06. The Balaban J connectivity index is 5.10. The van der Waals surface area contributed by atoms with Crippen LogP contribution < -0.4 is 0 Å². The van der Waals surface area contributed by atoms with Crippen molar-refractivity contribution in [1.82, 2.24) is 0 Å². The van der Waals surface area contributed by atoms with Crippen LogP contribution in [0.25, 0.3) is 0 Å². The fraction of sp³-hybridized carbons (Fsp3) is 0.750. The summed E-state index contributed by atoms with van der Waals surface area (Å²) in [4.78, 5) is 24.0. The third kappa shape index (κ3) is 6.10. The van der Waals surface area contributed by atoms with Gasteiger partial charge in [0, 0.05) is 11.8 Å². The van der Waals surface area contributed by atoms with Gasteiger partial charge in [-0.2, -0.15) is 0 Å². The fourth-order valence-electron chi connectivity index (χ4n) is 1.76. The number of carbonyl (C=O) groups is 2. The fourth-order valence-corrected chi connectivity index (χ4v) is 1.76. The van der Waals surface area contributed by atoms with Gasteiger partial charge in [0.2, 0.25) is 0 Å². The van der Waals surface area contributed by atoms with Crippen molar-refractivity contribution < 1.29 is 19.1 Å². The molecule has 0 heterocycles. The number of hydrogen-bond acceptors (Lipinski definition) is 4. The van der Waals surface area contributed by atoms with Gasteiger partial charge in [-0.15, -0.1) is 5.92 Å². The number of carbonyl (C=O) groups excluding carboxylic acids is 2. The Bertz CT molecular complexity index is 356. The summed E-state index contributed by atoms with van der Waals surface area (Å²) in [6.07, 6.45) is 2.83. The molecule has 0 aromatic rings. The maximum Gasteiger partial charge on any atom is 0.321 e. The van der Waals surface area contributed by atoms with E-state index in [1.165, 1.54) is 0 Å². The van der Waals surface area contributed by atoms with Crippen LogP contribution in [0, 0.1) is 23.2 Å². The van der Waals surface area contributed by atoms with E-state index in [2.05, 4.69) is 18.8 Å². The quantitative estimate of drug-likeness (QED) is 0.312. The molecule has 0 aliphatic rings. The zero-order valence-corrected chi connectivity index (χ0v) is 13.2. The molecule has 0 aromatic carbocycles. The first-order chi connectivity index (χ1) is 9.40. The topological polar surface area (TPSA) is 52.6 Å². The third-order valence-corrected chi connectivity index (χ3v) is 2.83. The van der Waals surface area contributed by atoms with Gasteiger partial charge in [-0.05, 0) is 34.1 Å². The van der Waals surface area contributed by atoms with Crippen LogP contribution in [0.15, 0.2) is 0 Å². The summed E-state index contributed by atoms with van der Waals surface area (Å²) >= 11 is 0. The van der Waals surface area contributed by atoms with Gasteiger partial charge in [0.05, 0.1) is 13.2 Å². The zero-order chi connectivity index (χ0) is 15.6. The van der Waals surface area contributed by atoms with E-state index in [0.717, 1.165) is 19.3 Å². The minimum atomic E-state index is -1.00. The van der Waals surface area contributed by atoms with Crippen LogP contribution >= 0.6 is 0 Å². The van der Waals surface area contributed by atoms with Crippen molar-refractivity contribution in [2.75, 3.05) is 13.2 Å². The standard InChI is InChI=1S/C16H26O4/c1-6-9-10-11-12-16(4,5)13(14(17)19-7-2)15(18)20-8-3/h13H,6-10H2,1-5H3. The monoisotopic (exact) mass is 282 g/mol. The second kappa shape index (κ2) is 9.41. The van der Waals surface area contributed by atoms with Crippen LogP contribution in [-0.4, -0.2) is 25.2 Å². The molecule has 0 N–H and O–H groups in total. The molecule has 0 saturated carbocycles. The van der Waals surface area contributed by atoms with Crippen molar-refractivity contribution in [2.45, 2.75) is 53.9 Å². The Hall–Kier alpha value is -1.50. The first-order valence-electron chi connectivity index (χ1n) is 7.23. The van der Waals surface area contributed by atoms with Gasteiger partial charge in [-0.1, -0.05) is 19.3 Å². The van der Waals surface area contributed by atoms with Crippen LogP contribution in [0.2, 0.25) is 0 Å². The average Bonchev–Trinajstić information content (AvgIpc) is 2.35. The Morgan fingerprint density at radius 3 is 1.95 bits per heavy atom. The first-order valence-corrected chi connectivity index (χ1v) is 7.23. The molecule has 4 nitrogen and oxygen atoms in total. The van der Waals surface area contributed by atoms with Gasteiger partial charge >= 0.3 is 11.9 Å². The molecule has 0 aliphatic heterocycles. The number of rotatable bonds is 7. The predicted molar refractivity (Wildman–Crippen MR) is 77.8 cm³/mol. The molecule has 20 heavy (non-hydrogen) atoms. The highest BCUT2D eigenvalue weighted by atomic mass is 16.6. The van der Waals surface area contributed by atoms with Crippen LogP contribution in [-0.2, 0) is 19.1 Å². The largest absolute Gasteiger partial charge is 0.465 e. The number of unbranched alkanes of at least 4 members (excludes halogenated alkanes) is 2. The van der Waals surface area contributed by atoms with Crippen molar-refractivity contribution in [3.05, 3.63) is 0 Å². The molecule has 0 aliphatic carbocycles. The summed E-state index contributed by atoms with van der Waals surface area (Å²) < 4.78 is 9.96. The number of hydrogen-bond donors (Lipinski definition) is 0. The molecule has 0 spiro atoms. The lowest BCUT2D eigenvalue weighted by molar-refractivity contribution is -0.165. The van der Waals surface area contributed by atoms with Gasteiger partial charge in [-0.3, -0.25) is 9.59 Å². The Labute approximate surface area is 122 Å². The molecular weight excluding hydrogens is 256 g/mol. The highest BCUT2D eigenvalue weighted by molar-refractivity contribution is 5.96. The van der Waals surface area contributed by atoms with Crippen LogP contribution in [0.4, 0.5) is 0 Å². The van der Waals surface area contributed by atoms with Gasteiger partial charge in [-0.25, -0.2) is 0 Å². The number of ether oxygens (including phenoxy) is 2. The lowest BCUT2D eigenvalue weighted by Crippen LogP contribution is -2.39. The summed E-state index contributed by atoms with van der Waals surface area (Å²) in [5, 5.41) is 0. The summed E-state index contributed by atoms with van der Waals surface area (Å²) in [6, 6.07) is 0. The summed E-state index contributed by atoms with van der Waals surface area (Å²) in [5.74, 6) is 3.92. The molecular formula is C16H26O4. The molecule has 0 bridgehead atoms. The second-order valence-corrected chi connectivity index (χ2v) is 5.06. The molecule has 0 aromatic heterocycles. The van der Waals surface area contributed by atoms with E-state index in [1.54, 1.807) is 27.7 Å². The van der Waals surface area contributed by atoms with E-state index in [-0.39, 0.29) is 13.2 Å². The molecule has 4 heteroatoms. The SMILES string of the molecule is CCCCC#CC(C)(C)C(C(=O)OCC)C(=O)OCC. The summed E-state index contributed by atoms with van der Waals surface area (Å²) in [5.41, 5.74) is -0.799. The lowest BCUT2D eigenvalue weighted by Gasteiger charge is -2.26. The van der Waals surface area contributed by atoms with E-state index in [0.29, 0.717) is 0 Å². The van der Waals surface area contributed by atoms with E-state index < -0.39 is 23.3 Å². The zero-order valence-electron chi connectivity index (χ0n) is 13.2. The van der Waals surface area contributed by atoms with Crippen molar-refractivity contribution in [3.63, 3.8) is 0 Å². The molecule has 0 fully saturated rings. The highest BCUT2D eigenvalue weighted by Gasteiger charge is 2.42. The third-order valence-electron chi connectivity index (χ3n) is 2.83. The first kappa shape index (κ1) is 18.5. The van der Waals surface area contributed by atoms with Gasteiger partial charge in [0.15, 0.2) is 5.92 Å². The minimum absolute atomic E-state index is 0.230. The predicted octanol–water partition coefficient (Wildman–Crippen LogP) is 2.95. The molecule has 0 unspecified atom stereocenters. The van der Waals surface area contributed by atoms with E-state index >= 15 is 0 Å². The Morgan fingerprint density at radius 2 is 1.55 bits per heavy atom. The Morgan fingerprint density at radius 1 is 1.05 bits per heavy atom. The van der Waals surface area contributed by atoms with Crippen LogP contribution in [0.3, 0.4) is 0 Å². The maximum absolute atomic E-state index is 12.0. The van der Waals surface area contributed by atoms with Crippen LogP contribution in [0.5, 0.6) is 0 Å². The van der Waals surface area contributed by atoms with E-state index in [9.17, 15) is 9.59 Å². The van der Waals surface area contributed by atoms with Crippen molar-refractivity contribution >= 4 is 11.9 Å². The average molecular weight is 282 g/mol. The van der Waals surface area contributed by atoms with Gasteiger partial charge in [0.25, 0.3) is 0 Å². The highest BCUT2D eigenvalue weighted by Crippen LogP contribution is 2.28. The molecule has 0 radical (unpaired) electrons. The normalized spacial score (nSPS) is 10.7. The lowest BCUT2D eigenvalue weighted by atomic mass is 9.79. The van der Waals surface area contributed by atoms with Crippen molar-refractivity contribution in [3.8, 4) is 11.8 Å². The maximum atomic E-state index is 12.0.